The third-order valence-corrected chi connectivity index (χ3v) is 5.83. The molecule has 0 unspecified atom stereocenters. The number of nitrogens with one attached hydrogen (secondary N) is 1. The van der Waals surface area contributed by atoms with E-state index in [4.69, 9.17) is 4.42 Å². The zero-order valence-corrected chi connectivity index (χ0v) is 18.3. The summed E-state index contributed by atoms with van der Waals surface area (Å²) < 4.78 is 5.77. The Kier molecular flexibility index (Phi) is 7.15. The minimum Gasteiger partial charge on any atom is -0.441 e. The minimum atomic E-state index is -0.0473. The van der Waals surface area contributed by atoms with Crippen LogP contribution in [0.1, 0.15) is 48.3 Å². The van der Waals surface area contributed by atoms with Gasteiger partial charge in [-0.15, -0.1) is 0 Å². The molecule has 2 heterocycles. The topological polar surface area (TPSA) is 58.4 Å². The second-order valence-corrected chi connectivity index (χ2v) is 8.35. The fourth-order valence-corrected chi connectivity index (χ4v) is 4.10. The van der Waals surface area contributed by atoms with Crippen LogP contribution in [0, 0.1) is 6.92 Å². The molecular formula is C26H31N3O2. The van der Waals surface area contributed by atoms with Gasteiger partial charge in [0.2, 0.25) is 11.8 Å². The van der Waals surface area contributed by atoms with Crippen LogP contribution in [-0.2, 0) is 24.3 Å². The molecule has 162 valence electrons. The number of rotatable bonds is 7. The largest absolute Gasteiger partial charge is 0.441 e. The van der Waals surface area contributed by atoms with Crippen molar-refractivity contribution in [2.45, 2.75) is 52.1 Å². The van der Waals surface area contributed by atoms with Crippen molar-refractivity contribution in [2.75, 3.05) is 13.1 Å². The Balaban J connectivity index is 1.31. The smallest absolute Gasteiger partial charge is 0.226 e. The first kappa shape index (κ1) is 21.3. The third-order valence-electron chi connectivity index (χ3n) is 5.83. The molecule has 1 aliphatic rings. The Labute approximate surface area is 184 Å². The molecule has 0 spiro atoms. The molecule has 2 aromatic carbocycles. The lowest BCUT2D eigenvalue weighted by Crippen LogP contribution is -2.25. The number of hydrogen-bond acceptors (Lipinski definition) is 4. The number of hydrogen-bond donors (Lipinski definition) is 1. The summed E-state index contributed by atoms with van der Waals surface area (Å²) in [4.78, 5) is 19.6. The summed E-state index contributed by atoms with van der Waals surface area (Å²) in [7, 11) is 0. The van der Waals surface area contributed by atoms with E-state index in [1.54, 1.807) is 0 Å². The molecule has 5 heteroatoms. The van der Waals surface area contributed by atoms with Crippen LogP contribution in [0.25, 0.3) is 11.5 Å². The Bertz CT molecular complexity index is 989. The molecule has 1 aliphatic heterocycles. The molecule has 1 N–H and O–H groups in total. The van der Waals surface area contributed by atoms with Crippen molar-refractivity contribution in [3.8, 4) is 11.5 Å². The number of oxazole rings is 1. The van der Waals surface area contributed by atoms with Gasteiger partial charge in [-0.25, -0.2) is 4.98 Å². The monoisotopic (exact) mass is 417 g/mol. The summed E-state index contributed by atoms with van der Waals surface area (Å²) in [6, 6.07) is 18.3. The molecule has 0 atom stereocenters. The Morgan fingerprint density at radius 1 is 1.00 bits per heavy atom. The zero-order chi connectivity index (χ0) is 21.5. The van der Waals surface area contributed by atoms with Crippen LogP contribution in [-0.4, -0.2) is 28.9 Å². The summed E-state index contributed by atoms with van der Waals surface area (Å²) in [5.74, 6) is 1.20. The highest BCUT2D eigenvalue weighted by Crippen LogP contribution is 2.21. The summed E-state index contributed by atoms with van der Waals surface area (Å²) in [6.45, 7) is 5.73. The van der Waals surface area contributed by atoms with Crippen LogP contribution in [0.4, 0.5) is 0 Å². The molecule has 0 bridgehead atoms. The second kappa shape index (κ2) is 10.4. The lowest BCUT2D eigenvalue weighted by atomic mass is 10.1. The van der Waals surface area contributed by atoms with Gasteiger partial charge >= 0.3 is 0 Å². The summed E-state index contributed by atoms with van der Waals surface area (Å²) in [6.07, 6.45) is 5.50. The number of carbonyl (C=O) groups is 1. The van der Waals surface area contributed by atoms with Crippen molar-refractivity contribution in [3.05, 3.63) is 77.2 Å². The van der Waals surface area contributed by atoms with Crippen LogP contribution in [0.2, 0.25) is 0 Å². The fourth-order valence-electron chi connectivity index (χ4n) is 4.10. The molecule has 0 saturated carbocycles. The zero-order valence-electron chi connectivity index (χ0n) is 18.3. The molecule has 0 radical (unpaired) electrons. The van der Waals surface area contributed by atoms with Crippen LogP contribution in [0.3, 0.4) is 0 Å². The maximum absolute atomic E-state index is 12.5. The number of carbonyl (C=O) groups excluding carboxylic acids is 1. The number of likely N-dealkylation sites (tertiary alicyclic amines) is 1. The van der Waals surface area contributed by atoms with Crippen molar-refractivity contribution in [2.24, 2.45) is 0 Å². The Morgan fingerprint density at radius 3 is 2.52 bits per heavy atom. The summed E-state index contributed by atoms with van der Waals surface area (Å²) in [5.41, 5.74) is 4.04. The van der Waals surface area contributed by atoms with Crippen molar-refractivity contribution in [1.82, 2.24) is 15.2 Å². The highest BCUT2D eigenvalue weighted by atomic mass is 16.4. The van der Waals surface area contributed by atoms with Crippen molar-refractivity contribution in [3.63, 3.8) is 0 Å². The second-order valence-electron chi connectivity index (χ2n) is 8.35. The van der Waals surface area contributed by atoms with Crippen LogP contribution < -0.4 is 5.32 Å². The predicted octanol–water partition coefficient (Wildman–Crippen LogP) is 4.88. The first-order valence-corrected chi connectivity index (χ1v) is 11.3. The minimum absolute atomic E-state index is 0.0473. The quantitative estimate of drug-likeness (QED) is 0.595. The first-order valence-electron chi connectivity index (χ1n) is 11.3. The maximum Gasteiger partial charge on any atom is 0.226 e. The standard InChI is InChI=1S/C26H31N3O2/c1-20-24(28-26(31-20)23-12-5-4-6-13-23)17-25(30)27-18-21-10-9-11-22(16-21)19-29-14-7-2-3-8-15-29/h4-6,9-13,16H,2-3,7-8,14-15,17-19H2,1H3,(H,27,30). The van der Waals surface area contributed by atoms with Crippen molar-refractivity contribution >= 4 is 5.91 Å². The van der Waals surface area contributed by atoms with Gasteiger partial charge in [0.25, 0.3) is 0 Å². The van der Waals surface area contributed by atoms with E-state index in [2.05, 4.69) is 39.5 Å². The highest BCUT2D eigenvalue weighted by Gasteiger charge is 2.15. The van der Waals surface area contributed by atoms with Gasteiger partial charge in [-0.05, 0) is 56.1 Å². The van der Waals surface area contributed by atoms with Gasteiger partial charge in [-0.2, -0.15) is 0 Å². The molecule has 4 rings (SSSR count). The van der Waals surface area contributed by atoms with Gasteiger partial charge in [0.05, 0.1) is 12.1 Å². The van der Waals surface area contributed by atoms with Gasteiger partial charge < -0.3 is 9.73 Å². The molecule has 1 saturated heterocycles. The van der Waals surface area contributed by atoms with Gasteiger partial charge in [-0.1, -0.05) is 55.3 Å². The molecular weight excluding hydrogens is 386 g/mol. The lowest BCUT2D eigenvalue weighted by Gasteiger charge is -2.20. The highest BCUT2D eigenvalue weighted by molar-refractivity contribution is 5.78. The van der Waals surface area contributed by atoms with E-state index in [-0.39, 0.29) is 12.3 Å². The number of aryl methyl sites for hydroxylation is 1. The first-order chi connectivity index (χ1) is 15.2. The number of nitrogens with zero attached hydrogens (tertiary/aromatic N) is 2. The number of amides is 1. The van der Waals surface area contributed by atoms with E-state index in [0.717, 1.165) is 17.7 Å². The van der Waals surface area contributed by atoms with E-state index in [0.29, 0.717) is 23.9 Å². The molecule has 1 amide bonds. The normalized spacial score (nSPS) is 14.9. The summed E-state index contributed by atoms with van der Waals surface area (Å²) in [5, 5.41) is 3.03. The van der Waals surface area contributed by atoms with Gasteiger partial charge in [0.15, 0.2) is 0 Å². The lowest BCUT2D eigenvalue weighted by molar-refractivity contribution is -0.120. The van der Waals surface area contributed by atoms with Gasteiger partial charge in [-0.3, -0.25) is 9.69 Å². The molecule has 31 heavy (non-hydrogen) atoms. The van der Waals surface area contributed by atoms with E-state index in [9.17, 15) is 4.79 Å². The number of benzene rings is 2. The maximum atomic E-state index is 12.5. The van der Waals surface area contributed by atoms with Gasteiger partial charge in [0, 0.05) is 18.7 Å². The van der Waals surface area contributed by atoms with E-state index in [1.165, 1.54) is 44.3 Å². The van der Waals surface area contributed by atoms with Gasteiger partial charge in [0.1, 0.15) is 5.76 Å². The van der Waals surface area contributed by atoms with E-state index < -0.39 is 0 Å². The van der Waals surface area contributed by atoms with Crippen molar-refractivity contribution < 1.29 is 9.21 Å². The van der Waals surface area contributed by atoms with E-state index in [1.807, 2.05) is 37.3 Å². The average molecular weight is 418 g/mol. The average Bonchev–Trinajstić information content (AvgIpc) is 2.97. The Morgan fingerprint density at radius 2 is 1.74 bits per heavy atom. The number of aromatic nitrogens is 1. The Hall–Kier alpha value is -2.92. The van der Waals surface area contributed by atoms with E-state index >= 15 is 0 Å². The predicted molar refractivity (Wildman–Crippen MR) is 122 cm³/mol. The fraction of sp³-hybridized carbons (Fsp3) is 0.385. The summed E-state index contributed by atoms with van der Waals surface area (Å²) >= 11 is 0. The van der Waals surface area contributed by atoms with Crippen LogP contribution in [0.5, 0.6) is 0 Å². The van der Waals surface area contributed by atoms with Crippen LogP contribution in [0.15, 0.2) is 59.0 Å². The van der Waals surface area contributed by atoms with Crippen LogP contribution >= 0.6 is 0 Å². The molecule has 0 aliphatic carbocycles. The van der Waals surface area contributed by atoms with Crippen molar-refractivity contribution in [1.29, 1.82) is 0 Å². The molecule has 3 aromatic rings. The SMILES string of the molecule is Cc1oc(-c2ccccc2)nc1CC(=O)NCc1cccc(CN2CCCCCC2)c1. The molecule has 5 nitrogen and oxygen atoms in total. The molecule has 1 aromatic heterocycles. The molecule has 1 fully saturated rings. The third kappa shape index (κ3) is 6.05.